The summed E-state index contributed by atoms with van der Waals surface area (Å²) in [5, 5.41) is 38.8. The average Bonchev–Trinajstić information content (AvgIpc) is 3.89. The van der Waals surface area contributed by atoms with Gasteiger partial charge in [-0.3, -0.25) is 9.59 Å². The smallest absolute Gasteiger partial charge is 0.194 e. The predicted octanol–water partition coefficient (Wildman–Crippen LogP) is 9.61. The minimum atomic E-state index is -1.23. The maximum Gasteiger partial charge on any atom is 0.194 e. The number of nitriles is 4. The van der Waals surface area contributed by atoms with Crippen LogP contribution >= 0.6 is 22.7 Å². The van der Waals surface area contributed by atoms with Gasteiger partial charge in [0.1, 0.15) is 35.4 Å². The topological polar surface area (TPSA) is 129 Å². The molecule has 6 nitrogen and oxygen atoms in total. The molecule has 2 aromatic carbocycles. The summed E-state index contributed by atoms with van der Waals surface area (Å²) in [7, 11) is 0. The second kappa shape index (κ2) is 12.0. The third-order valence-electron chi connectivity index (χ3n) is 9.64. The van der Waals surface area contributed by atoms with E-state index in [9.17, 15) is 48.2 Å². The van der Waals surface area contributed by atoms with Gasteiger partial charge in [-0.25, -0.2) is 17.6 Å². The Bertz CT molecular complexity index is 2430. The Morgan fingerprint density at radius 1 is 0.608 bits per heavy atom. The van der Waals surface area contributed by atoms with Crippen molar-refractivity contribution in [3.63, 3.8) is 0 Å². The van der Waals surface area contributed by atoms with Gasteiger partial charge in [0, 0.05) is 58.3 Å². The van der Waals surface area contributed by atoms with Gasteiger partial charge in [-0.2, -0.15) is 21.0 Å². The summed E-state index contributed by atoms with van der Waals surface area (Å²) in [5.41, 5.74) is -0.0137. The van der Waals surface area contributed by atoms with Gasteiger partial charge < -0.3 is 0 Å². The Balaban J connectivity index is 1.38. The fourth-order valence-electron chi connectivity index (χ4n) is 7.23. The lowest BCUT2D eigenvalue weighted by Crippen LogP contribution is -2.22. The number of rotatable bonds is 4. The highest BCUT2D eigenvalue weighted by Gasteiger charge is 2.44. The van der Waals surface area contributed by atoms with E-state index in [1.54, 1.807) is 24.3 Å². The van der Waals surface area contributed by atoms with Gasteiger partial charge in [0.25, 0.3) is 0 Å². The van der Waals surface area contributed by atoms with Gasteiger partial charge in [0.2, 0.25) is 0 Å². The van der Waals surface area contributed by atoms with Gasteiger partial charge in [-0.15, -0.1) is 22.7 Å². The molecule has 0 aliphatic heterocycles. The molecule has 0 radical (unpaired) electrons. The minimum Gasteiger partial charge on any atom is -0.289 e. The van der Waals surface area contributed by atoms with E-state index in [0.717, 1.165) is 45.1 Å². The largest absolute Gasteiger partial charge is 0.289 e. The summed E-state index contributed by atoms with van der Waals surface area (Å²) in [6.45, 7) is 4.04. The number of carbonyl (C=O) groups excluding carboxylic acids is 2. The third kappa shape index (κ3) is 4.69. The van der Waals surface area contributed by atoms with Crippen molar-refractivity contribution in [2.24, 2.45) is 0 Å². The van der Waals surface area contributed by atoms with Crippen molar-refractivity contribution >= 4 is 57.5 Å². The first-order valence-corrected chi connectivity index (χ1v) is 17.0. The summed E-state index contributed by atoms with van der Waals surface area (Å²) in [5.74, 6) is -6.22. The van der Waals surface area contributed by atoms with Gasteiger partial charge in [0.15, 0.2) is 34.8 Å². The van der Waals surface area contributed by atoms with Crippen molar-refractivity contribution in [3.05, 3.63) is 125 Å². The highest BCUT2D eigenvalue weighted by molar-refractivity contribution is 7.23. The maximum absolute atomic E-state index is 14.3. The van der Waals surface area contributed by atoms with Crippen molar-refractivity contribution in [3.8, 4) is 34.0 Å². The molecule has 3 aliphatic rings. The molecule has 2 heterocycles. The zero-order valence-corrected chi connectivity index (χ0v) is 28.1. The zero-order chi connectivity index (χ0) is 36.5. The first-order chi connectivity index (χ1) is 24.5. The van der Waals surface area contributed by atoms with Crippen LogP contribution in [0.5, 0.6) is 0 Å². The van der Waals surface area contributed by atoms with Crippen LogP contribution in [0.25, 0.3) is 33.1 Å². The molecule has 0 saturated heterocycles. The molecular weight excluding hydrogens is 697 g/mol. The van der Waals surface area contributed by atoms with E-state index in [1.807, 2.05) is 26.0 Å². The lowest BCUT2D eigenvalue weighted by Gasteiger charge is -2.28. The lowest BCUT2D eigenvalue weighted by molar-refractivity contribution is 0.103. The van der Waals surface area contributed by atoms with Crippen LogP contribution in [0.2, 0.25) is 0 Å². The number of allylic oxidation sites excluding steroid dienone is 6. The summed E-state index contributed by atoms with van der Waals surface area (Å²) in [4.78, 5) is 30.0. The van der Waals surface area contributed by atoms with Crippen LogP contribution in [0.4, 0.5) is 17.6 Å². The van der Waals surface area contributed by atoms with Crippen LogP contribution in [0.1, 0.15) is 79.4 Å². The molecule has 2 aromatic heterocycles. The number of thiophene rings is 2. The molecule has 0 unspecified atom stereocenters. The van der Waals surface area contributed by atoms with Crippen molar-refractivity contribution < 1.29 is 27.2 Å². The molecule has 0 bridgehead atoms. The fourth-order valence-corrected chi connectivity index (χ4v) is 9.79. The number of fused-ring (bicyclic) bond motifs is 5. The van der Waals surface area contributed by atoms with Gasteiger partial charge >= 0.3 is 0 Å². The molecule has 3 aliphatic carbocycles. The predicted molar refractivity (Wildman–Crippen MR) is 183 cm³/mol. The summed E-state index contributed by atoms with van der Waals surface area (Å²) in [6.07, 6.45) is 4.36. The van der Waals surface area contributed by atoms with Crippen LogP contribution in [0, 0.1) is 68.6 Å². The van der Waals surface area contributed by atoms with E-state index in [-0.39, 0.29) is 44.5 Å². The van der Waals surface area contributed by atoms with Gasteiger partial charge in [-0.05, 0) is 83.6 Å². The number of carbonyl (C=O) groups is 2. The monoisotopic (exact) mass is 714 g/mol. The first kappa shape index (κ1) is 33.3. The molecule has 0 spiro atoms. The number of Topliss-reactive ketones (excluding diaryl/α,β-unsaturated/α-hetero) is 2. The number of halogens is 4. The maximum atomic E-state index is 14.3. The lowest BCUT2D eigenvalue weighted by atomic mass is 9.75. The minimum absolute atomic E-state index is 0.0410. The molecule has 51 heavy (non-hydrogen) atoms. The molecule has 246 valence electrons. The second-order valence-corrected chi connectivity index (χ2v) is 14.1. The van der Waals surface area contributed by atoms with Crippen molar-refractivity contribution in [1.29, 1.82) is 21.0 Å². The Morgan fingerprint density at radius 3 is 1.25 bits per heavy atom. The van der Waals surface area contributed by atoms with E-state index >= 15 is 0 Å². The molecule has 4 aromatic rings. The van der Waals surface area contributed by atoms with Crippen molar-refractivity contribution in [2.75, 3.05) is 0 Å². The quantitative estimate of drug-likeness (QED) is 0.118. The van der Waals surface area contributed by atoms with Crippen molar-refractivity contribution in [1.82, 2.24) is 0 Å². The van der Waals surface area contributed by atoms with Gasteiger partial charge in [-0.1, -0.05) is 13.8 Å². The SMILES string of the molecule is CCC1(CC)c2cc(/C=C3\C(=O)c4cc(F)c(F)cc4C3=C(C#N)C#N)sc2-c2sc(/C=C3\C(=O)c4cc(F)c(F)cc4C3=C(C#N)C#N)cc21. The Hall–Kier alpha value is -6.18. The normalized spacial score (nSPS) is 16.4. The molecule has 0 saturated carbocycles. The molecule has 0 atom stereocenters. The summed E-state index contributed by atoms with van der Waals surface area (Å²) in [6, 6.07) is 14.0. The number of benzene rings is 2. The van der Waals surface area contributed by atoms with Gasteiger partial charge in [0.05, 0.1) is 0 Å². The molecule has 0 fully saturated rings. The van der Waals surface area contributed by atoms with Crippen LogP contribution < -0.4 is 0 Å². The van der Waals surface area contributed by atoms with Crippen LogP contribution in [-0.4, -0.2) is 11.6 Å². The highest BCUT2D eigenvalue weighted by Crippen LogP contribution is 2.59. The Labute approximate surface area is 296 Å². The van der Waals surface area contributed by atoms with E-state index in [1.165, 1.54) is 34.8 Å². The summed E-state index contributed by atoms with van der Waals surface area (Å²) < 4.78 is 56.9. The number of hydrogen-bond acceptors (Lipinski definition) is 8. The van der Waals surface area contributed by atoms with Crippen LogP contribution in [0.3, 0.4) is 0 Å². The van der Waals surface area contributed by atoms with Crippen LogP contribution in [0.15, 0.2) is 58.7 Å². The van der Waals surface area contributed by atoms with E-state index in [4.69, 9.17) is 0 Å². The zero-order valence-electron chi connectivity index (χ0n) is 26.5. The molecule has 7 rings (SSSR count). The average molecular weight is 715 g/mol. The fraction of sp³-hybridized carbons (Fsp3) is 0.128. The molecule has 0 N–H and O–H groups in total. The van der Waals surface area contributed by atoms with E-state index < -0.39 is 51.4 Å². The standard InChI is InChI=1S/C39H18F4N4O2S2/c1-3-39(4-2)27-7-19(5-25-33(17(13-44)14-45)21-9-29(40)31(42)11-23(21)35(25)48)50-37(27)38-28(39)8-20(51-38)6-26-34(18(15-46)16-47)22-10-30(41)32(43)12-24(22)36(26)49/h5-12H,3-4H2,1-2H3/b25-5-,26-6-. The summed E-state index contributed by atoms with van der Waals surface area (Å²) >= 11 is 2.68. The van der Waals surface area contributed by atoms with Crippen molar-refractivity contribution in [2.45, 2.75) is 32.1 Å². The number of nitrogens with zero attached hydrogens (tertiary/aromatic N) is 4. The second-order valence-electron chi connectivity index (χ2n) is 11.9. The Kier molecular flexibility index (Phi) is 7.84. The molecular formula is C39H18F4N4O2S2. The Morgan fingerprint density at radius 2 is 0.941 bits per heavy atom. The van der Waals surface area contributed by atoms with Crippen LogP contribution in [-0.2, 0) is 5.41 Å². The first-order valence-electron chi connectivity index (χ1n) is 15.4. The highest BCUT2D eigenvalue weighted by atomic mass is 32.1. The van der Waals surface area contributed by atoms with E-state index in [2.05, 4.69) is 0 Å². The number of ketones is 2. The molecule has 12 heteroatoms. The van der Waals surface area contributed by atoms with E-state index in [0.29, 0.717) is 22.6 Å². The number of hydrogen-bond donors (Lipinski definition) is 0. The third-order valence-corrected chi connectivity index (χ3v) is 12.0. The molecule has 0 amide bonds.